The molecule has 0 aliphatic rings. The van der Waals surface area contributed by atoms with Gasteiger partial charge >= 0.3 is 11.6 Å². The molecule has 9 nitrogen and oxygen atoms in total. The number of carbonyl (C=O) groups excluding carboxylic acids is 1. The van der Waals surface area contributed by atoms with E-state index in [0.29, 0.717) is 21.2 Å². The highest BCUT2D eigenvalue weighted by Crippen LogP contribution is 2.32. The number of phenolic OH excluding ortho intramolecular Hbond substituents is 1. The van der Waals surface area contributed by atoms with E-state index in [1.165, 1.54) is 19.2 Å². The van der Waals surface area contributed by atoms with E-state index < -0.39 is 22.3 Å². The van der Waals surface area contributed by atoms with Crippen LogP contribution in [-0.4, -0.2) is 29.3 Å². The maximum absolute atomic E-state index is 12.2. The lowest BCUT2D eigenvalue weighted by molar-refractivity contribution is -0.385. The number of para-hydroxylation sites is 1. The Labute approximate surface area is 160 Å². The van der Waals surface area contributed by atoms with Gasteiger partial charge in [-0.15, -0.1) is 0 Å². The van der Waals surface area contributed by atoms with Crippen molar-refractivity contribution >= 4 is 44.7 Å². The molecule has 0 atom stereocenters. The van der Waals surface area contributed by atoms with Gasteiger partial charge in [-0.25, -0.2) is 5.43 Å². The highest BCUT2D eigenvalue weighted by atomic mass is 79.9. The minimum absolute atomic E-state index is 0.0103. The van der Waals surface area contributed by atoms with Crippen molar-refractivity contribution in [3.05, 3.63) is 62.3 Å². The molecule has 0 saturated carbocycles. The largest absolute Gasteiger partial charge is 0.502 e. The van der Waals surface area contributed by atoms with Gasteiger partial charge < -0.3 is 14.3 Å². The van der Waals surface area contributed by atoms with Crippen molar-refractivity contribution in [1.82, 2.24) is 5.43 Å². The zero-order valence-corrected chi connectivity index (χ0v) is 15.4. The summed E-state index contributed by atoms with van der Waals surface area (Å²) in [6.45, 7) is 0. The lowest BCUT2D eigenvalue weighted by atomic mass is 10.2. The number of hydrazone groups is 1. The number of methoxy groups -OCH3 is 1. The number of amides is 1. The Hall–Kier alpha value is -3.40. The molecule has 0 radical (unpaired) electrons. The van der Waals surface area contributed by atoms with Crippen LogP contribution in [0.1, 0.15) is 16.1 Å². The number of benzene rings is 2. The van der Waals surface area contributed by atoms with Crippen LogP contribution in [0.25, 0.3) is 11.0 Å². The van der Waals surface area contributed by atoms with Crippen molar-refractivity contribution in [2.45, 2.75) is 0 Å². The molecule has 0 aliphatic carbocycles. The van der Waals surface area contributed by atoms with Crippen LogP contribution in [0.15, 0.2) is 50.4 Å². The van der Waals surface area contributed by atoms with E-state index in [-0.39, 0.29) is 11.3 Å². The Morgan fingerprint density at radius 2 is 2.19 bits per heavy atom. The zero-order valence-electron chi connectivity index (χ0n) is 13.8. The first-order chi connectivity index (χ1) is 12.9. The number of nitro groups is 1. The van der Waals surface area contributed by atoms with Crippen molar-refractivity contribution in [3.8, 4) is 11.5 Å². The summed E-state index contributed by atoms with van der Waals surface area (Å²) in [5.41, 5.74) is 2.24. The molecule has 3 aromatic rings. The summed E-state index contributed by atoms with van der Waals surface area (Å²) < 4.78 is 11.0. The lowest BCUT2D eigenvalue weighted by Crippen LogP contribution is -2.16. The predicted octanol–water partition coefficient (Wildman–Crippen LogP) is 3.58. The molecular weight excluding hydrogens is 422 g/mol. The number of hydrogen-bond donors (Lipinski definition) is 2. The van der Waals surface area contributed by atoms with Crippen molar-refractivity contribution < 1.29 is 24.0 Å². The fourth-order valence-electron chi connectivity index (χ4n) is 2.37. The van der Waals surface area contributed by atoms with E-state index in [1.807, 2.05) is 0 Å². The molecule has 0 fully saturated rings. The van der Waals surface area contributed by atoms with E-state index in [0.717, 1.165) is 12.3 Å². The third-order valence-corrected chi connectivity index (χ3v) is 4.06. The number of nitro benzene ring substituents is 1. The van der Waals surface area contributed by atoms with Gasteiger partial charge in [0.15, 0.2) is 17.1 Å². The highest BCUT2D eigenvalue weighted by molar-refractivity contribution is 9.10. The first-order valence-electron chi connectivity index (χ1n) is 7.47. The van der Waals surface area contributed by atoms with Gasteiger partial charge in [0.25, 0.3) is 0 Å². The SMILES string of the molecule is COc1cccc2cc(C(=O)N/N=C\c3cc(Br)cc([N+](=O)[O-])c3O)oc12. The maximum atomic E-state index is 12.2. The highest BCUT2D eigenvalue weighted by Gasteiger charge is 2.18. The molecule has 0 unspecified atom stereocenters. The molecule has 2 N–H and O–H groups in total. The van der Waals surface area contributed by atoms with Gasteiger partial charge in [-0.05, 0) is 18.2 Å². The average Bonchev–Trinajstić information content (AvgIpc) is 3.08. The monoisotopic (exact) mass is 433 g/mol. The molecule has 138 valence electrons. The summed E-state index contributed by atoms with van der Waals surface area (Å²) in [6.07, 6.45) is 1.09. The number of nitrogens with one attached hydrogen (secondary N) is 1. The molecule has 27 heavy (non-hydrogen) atoms. The van der Waals surface area contributed by atoms with Crippen molar-refractivity contribution in [2.24, 2.45) is 5.10 Å². The molecule has 1 aromatic heterocycles. The number of carbonyl (C=O) groups is 1. The minimum atomic E-state index is -0.724. The van der Waals surface area contributed by atoms with Gasteiger partial charge in [-0.3, -0.25) is 14.9 Å². The van der Waals surface area contributed by atoms with Gasteiger partial charge in [0.1, 0.15) is 0 Å². The topological polar surface area (TPSA) is 127 Å². The Morgan fingerprint density at radius 3 is 2.89 bits per heavy atom. The summed E-state index contributed by atoms with van der Waals surface area (Å²) in [7, 11) is 1.49. The van der Waals surface area contributed by atoms with Crippen molar-refractivity contribution in [3.63, 3.8) is 0 Å². The molecule has 0 aliphatic heterocycles. The normalized spacial score (nSPS) is 11.0. The van der Waals surface area contributed by atoms with Crippen LogP contribution in [0.3, 0.4) is 0 Å². The van der Waals surface area contributed by atoms with Crippen LogP contribution >= 0.6 is 15.9 Å². The number of phenols is 1. The van der Waals surface area contributed by atoms with Gasteiger partial charge in [0.2, 0.25) is 5.75 Å². The number of fused-ring (bicyclic) bond motifs is 1. The number of hydrogen-bond acceptors (Lipinski definition) is 7. The van der Waals surface area contributed by atoms with Gasteiger partial charge in [0, 0.05) is 21.5 Å². The number of halogens is 1. The first kappa shape index (κ1) is 18.4. The molecule has 3 rings (SSSR count). The van der Waals surface area contributed by atoms with E-state index in [1.54, 1.807) is 18.2 Å². The predicted molar refractivity (Wildman–Crippen MR) is 100 cm³/mol. The Bertz CT molecular complexity index is 1080. The van der Waals surface area contributed by atoms with Crippen LogP contribution in [-0.2, 0) is 0 Å². The second-order valence-corrected chi connectivity index (χ2v) is 6.22. The van der Waals surface area contributed by atoms with Crippen LogP contribution in [0.2, 0.25) is 0 Å². The van der Waals surface area contributed by atoms with E-state index in [9.17, 15) is 20.0 Å². The number of rotatable bonds is 5. The molecule has 0 spiro atoms. The van der Waals surface area contributed by atoms with Crippen LogP contribution in [0.5, 0.6) is 11.5 Å². The molecule has 0 bridgehead atoms. The standard InChI is InChI=1S/C17H12BrN3O6/c1-26-13-4-2-3-9-6-14(27-16(9)13)17(23)20-19-8-10-5-11(18)7-12(15(10)22)21(24)25/h2-8,22H,1H3,(H,20,23)/b19-8-. The van der Waals surface area contributed by atoms with Gasteiger partial charge in [-0.2, -0.15) is 5.10 Å². The third kappa shape index (κ3) is 3.75. The summed E-state index contributed by atoms with van der Waals surface area (Å²) in [6, 6.07) is 9.34. The van der Waals surface area contributed by atoms with E-state index in [2.05, 4.69) is 26.5 Å². The Balaban J connectivity index is 1.81. The summed E-state index contributed by atoms with van der Waals surface area (Å²) in [5, 5.41) is 25.2. The van der Waals surface area contributed by atoms with E-state index >= 15 is 0 Å². The third-order valence-electron chi connectivity index (χ3n) is 3.60. The van der Waals surface area contributed by atoms with Crippen LogP contribution in [0, 0.1) is 10.1 Å². The molecule has 0 saturated heterocycles. The second kappa shape index (κ2) is 7.46. The number of furan rings is 1. The van der Waals surface area contributed by atoms with Crippen molar-refractivity contribution in [1.29, 1.82) is 0 Å². The fourth-order valence-corrected chi connectivity index (χ4v) is 2.83. The summed E-state index contributed by atoms with van der Waals surface area (Å²) >= 11 is 3.11. The number of nitrogens with zero attached hydrogens (tertiary/aromatic N) is 2. The van der Waals surface area contributed by atoms with Crippen molar-refractivity contribution in [2.75, 3.05) is 7.11 Å². The second-order valence-electron chi connectivity index (χ2n) is 5.31. The quantitative estimate of drug-likeness (QED) is 0.359. The smallest absolute Gasteiger partial charge is 0.312 e. The average molecular weight is 434 g/mol. The number of aromatic hydroxyl groups is 1. The summed E-state index contributed by atoms with van der Waals surface area (Å²) in [4.78, 5) is 22.4. The van der Waals surface area contributed by atoms with Gasteiger partial charge in [-0.1, -0.05) is 28.1 Å². The van der Waals surface area contributed by atoms with Gasteiger partial charge in [0.05, 0.1) is 18.2 Å². The fraction of sp³-hybridized carbons (Fsp3) is 0.0588. The Morgan fingerprint density at radius 1 is 1.41 bits per heavy atom. The summed E-state index contributed by atoms with van der Waals surface area (Å²) in [5.74, 6) is -0.694. The van der Waals surface area contributed by atoms with Crippen LogP contribution < -0.4 is 10.2 Å². The first-order valence-corrected chi connectivity index (χ1v) is 8.27. The molecular formula is C17H12BrN3O6. The molecule has 2 aromatic carbocycles. The zero-order chi connectivity index (χ0) is 19.6. The molecule has 1 heterocycles. The lowest BCUT2D eigenvalue weighted by Gasteiger charge is -2.01. The molecule has 10 heteroatoms. The van der Waals surface area contributed by atoms with Crippen LogP contribution in [0.4, 0.5) is 5.69 Å². The maximum Gasteiger partial charge on any atom is 0.312 e. The Kier molecular flexibility index (Phi) is 5.08. The van der Waals surface area contributed by atoms with E-state index in [4.69, 9.17) is 9.15 Å². The number of ether oxygens (including phenoxy) is 1. The minimum Gasteiger partial charge on any atom is -0.502 e. The molecule has 1 amide bonds.